The lowest BCUT2D eigenvalue weighted by Crippen LogP contribution is -2.13. The first-order valence-corrected chi connectivity index (χ1v) is 8.02. The fraction of sp³-hybridized carbons (Fsp3) is 0.118. The molecular formula is C17H14N4S. The largest absolute Gasteiger partial charge is 0.300 e. The first kappa shape index (κ1) is 13.2. The molecule has 4 nitrogen and oxygen atoms in total. The number of fused-ring (bicyclic) bond motifs is 2. The van der Waals surface area contributed by atoms with Crippen molar-refractivity contribution < 1.29 is 0 Å². The Balaban J connectivity index is 2.03. The maximum absolute atomic E-state index is 4.76. The molecule has 0 radical (unpaired) electrons. The van der Waals surface area contributed by atoms with E-state index in [1.165, 1.54) is 0 Å². The highest BCUT2D eigenvalue weighted by Crippen LogP contribution is 2.19. The van der Waals surface area contributed by atoms with Crippen molar-refractivity contribution in [1.82, 2.24) is 14.5 Å². The van der Waals surface area contributed by atoms with Crippen LogP contribution in [0.1, 0.15) is 6.92 Å². The molecule has 5 heteroatoms. The third kappa shape index (κ3) is 2.19. The van der Waals surface area contributed by atoms with Crippen LogP contribution in [-0.2, 0) is 6.54 Å². The molecule has 22 heavy (non-hydrogen) atoms. The topological polar surface area (TPSA) is 43.1 Å². The van der Waals surface area contributed by atoms with Crippen molar-refractivity contribution >= 4 is 38.5 Å². The minimum absolute atomic E-state index is 0.818. The van der Waals surface area contributed by atoms with Crippen LogP contribution in [0, 0.1) is 0 Å². The van der Waals surface area contributed by atoms with Gasteiger partial charge < -0.3 is 0 Å². The van der Waals surface area contributed by atoms with Gasteiger partial charge in [0, 0.05) is 6.54 Å². The molecule has 0 bridgehead atoms. The Labute approximate surface area is 131 Å². The van der Waals surface area contributed by atoms with Crippen molar-refractivity contribution in [2.45, 2.75) is 13.5 Å². The highest BCUT2D eigenvalue weighted by Gasteiger charge is 2.09. The molecule has 4 rings (SSSR count). The SMILES string of the molecule is CCn1c(=Nc2ccccc2)sc2nc3ccccc3nc21. The summed E-state index contributed by atoms with van der Waals surface area (Å²) < 4.78 is 2.12. The molecule has 0 saturated carbocycles. The van der Waals surface area contributed by atoms with Crippen LogP contribution in [0.5, 0.6) is 0 Å². The average molecular weight is 306 g/mol. The zero-order valence-corrected chi connectivity index (χ0v) is 12.9. The number of hydrogen-bond donors (Lipinski definition) is 0. The molecule has 0 atom stereocenters. The fourth-order valence-corrected chi connectivity index (χ4v) is 3.47. The van der Waals surface area contributed by atoms with Gasteiger partial charge in [-0.15, -0.1) is 0 Å². The Hall–Kier alpha value is -2.53. The van der Waals surface area contributed by atoms with Gasteiger partial charge in [0.25, 0.3) is 0 Å². The Kier molecular flexibility index (Phi) is 3.20. The van der Waals surface area contributed by atoms with Gasteiger partial charge in [0.1, 0.15) is 0 Å². The maximum atomic E-state index is 4.76. The van der Waals surface area contributed by atoms with Crippen LogP contribution in [0.25, 0.3) is 21.5 Å². The van der Waals surface area contributed by atoms with Crippen molar-refractivity contribution in [3.63, 3.8) is 0 Å². The molecule has 108 valence electrons. The molecule has 0 aliphatic heterocycles. The van der Waals surface area contributed by atoms with Crippen molar-refractivity contribution in [3.8, 4) is 0 Å². The van der Waals surface area contributed by atoms with E-state index in [1.807, 2.05) is 54.6 Å². The van der Waals surface area contributed by atoms with E-state index in [-0.39, 0.29) is 0 Å². The summed E-state index contributed by atoms with van der Waals surface area (Å²) in [6.07, 6.45) is 0. The van der Waals surface area contributed by atoms with Gasteiger partial charge in [-0.3, -0.25) is 4.57 Å². The van der Waals surface area contributed by atoms with Gasteiger partial charge >= 0.3 is 0 Å². The highest BCUT2D eigenvalue weighted by molar-refractivity contribution is 7.15. The van der Waals surface area contributed by atoms with Crippen LogP contribution in [0.3, 0.4) is 0 Å². The van der Waals surface area contributed by atoms with Gasteiger partial charge in [0.15, 0.2) is 15.3 Å². The Morgan fingerprint density at radius 3 is 2.36 bits per heavy atom. The van der Waals surface area contributed by atoms with Crippen LogP contribution in [0.15, 0.2) is 59.6 Å². The predicted octanol–water partition coefficient (Wildman–Crippen LogP) is 3.90. The van der Waals surface area contributed by atoms with Crippen molar-refractivity contribution in [1.29, 1.82) is 0 Å². The van der Waals surface area contributed by atoms with Gasteiger partial charge in [0.2, 0.25) is 0 Å². The zero-order valence-electron chi connectivity index (χ0n) is 12.1. The summed E-state index contributed by atoms with van der Waals surface area (Å²) in [5, 5.41) is 0. The number of hydrogen-bond acceptors (Lipinski definition) is 4. The van der Waals surface area contributed by atoms with Crippen LogP contribution in [-0.4, -0.2) is 14.5 Å². The molecule has 0 amide bonds. The second-order valence-electron chi connectivity index (χ2n) is 4.92. The molecule has 2 heterocycles. The molecular weight excluding hydrogens is 292 g/mol. The van der Waals surface area contributed by atoms with Gasteiger partial charge in [-0.2, -0.15) is 0 Å². The number of rotatable bonds is 2. The Bertz CT molecular complexity index is 1020. The third-order valence-electron chi connectivity index (χ3n) is 3.49. The van der Waals surface area contributed by atoms with Crippen molar-refractivity contribution in [2.24, 2.45) is 4.99 Å². The van der Waals surface area contributed by atoms with Crippen LogP contribution >= 0.6 is 11.3 Å². The Morgan fingerprint density at radius 1 is 0.955 bits per heavy atom. The predicted molar refractivity (Wildman–Crippen MR) is 90.3 cm³/mol. The number of benzene rings is 2. The highest BCUT2D eigenvalue weighted by atomic mass is 32.1. The summed E-state index contributed by atoms with van der Waals surface area (Å²) in [4.78, 5) is 16.1. The van der Waals surface area contributed by atoms with E-state index >= 15 is 0 Å². The second-order valence-corrected chi connectivity index (χ2v) is 5.87. The number of nitrogens with zero attached hydrogens (tertiary/aromatic N) is 4. The molecule has 0 aliphatic rings. The molecule has 2 aromatic carbocycles. The molecule has 2 aromatic heterocycles. The first-order chi connectivity index (χ1) is 10.8. The van der Waals surface area contributed by atoms with E-state index in [4.69, 9.17) is 15.0 Å². The fourth-order valence-electron chi connectivity index (χ4n) is 2.43. The lowest BCUT2D eigenvalue weighted by molar-refractivity contribution is 0.757. The van der Waals surface area contributed by atoms with E-state index in [0.29, 0.717) is 0 Å². The molecule has 4 aromatic rings. The number of aryl methyl sites for hydroxylation is 1. The summed E-state index contributed by atoms with van der Waals surface area (Å²) in [5.74, 6) is 0. The lowest BCUT2D eigenvalue weighted by Gasteiger charge is -2.00. The first-order valence-electron chi connectivity index (χ1n) is 7.21. The van der Waals surface area contributed by atoms with Crippen molar-refractivity contribution in [3.05, 3.63) is 59.4 Å². The van der Waals surface area contributed by atoms with Gasteiger partial charge in [-0.1, -0.05) is 41.7 Å². The monoisotopic (exact) mass is 306 g/mol. The van der Waals surface area contributed by atoms with E-state index in [1.54, 1.807) is 11.3 Å². The second kappa shape index (κ2) is 5.35. The van der Waals surface area contributed by atoms with Gasteiger partial charge in [-0.05, 0) is 31.2 Å². The quantitative estimate of drug-likeness (QED) is 0.564. The standard InChI is InChI=1S/C17H14N4S/c1-2-21-15-16(20-14-11-7-6-10-13(14)19-15)22-17(21)18-12-8-4-3-5-9-12/h3-11H,2H2,1H3. The van der Waals surface area contributed by atoms with E-state index in [0.717, 1.165) is 38.5 Å². The Morgan fingerprint density at radius 2 is 1.64 bits per heavy atom. The average Bonchev–Trinajstić information content (AvgIpc) is 2.89. The summed E-state index contributed by atoms with van der Waals surface area (Å²) >= 11 is 1.58. The molecule has 0 saturated heterocycles. The maximum Gasteiger partial charge on any atom is 0.193 e. The number of aromatic nitrogens is 3. The van der Waals surface area contributed by atoms with Crippen LogP contribution in [0.2, 0.25) is 0 Å². The van der Waals surface area contributed by atoms with E-state index < -0.39 is 0 Å². The summed E-state index contributed by atoms with van der Waals surface area (Å²) in [5.41, 5.74) is 3.69. The van der Waals surface area contributed by atoms with Crippen molar-refractivity contribution in [2.75, 3.05) is 0 Å². The number of thiazole rings is 1. The lowest BCUT2D eigenvalue weighted by atomic mass is 10.3. The summed E-state index contributed by atoms with van der Waals surface area (Å²) in [7, 11) is 0. The van der Waals surface area contributed by atoms with Crippen LogP contribution < -0.4 is 4.80 Å². The van der Waals surface area contributed by atoms with Gasteiger partial charge in [-0.25, -0.2) is 15.0 Å². The normalized spacial score (nSPS) is 12.3. The van der Waals surface area contributed by atoms with Gasteiger partial charge in [0.05, 0.1) is 16.7 Å². The summed E-state index contributed by atoms with van der Waals surface area (Å²) in [6.45, 7) is 2.92. The minimum atomic E-state index is 0.818. The van der Waals surface area contributed by atoms with E-state index in [2.05, 4.69) is 11.5 Å². The molecule has 0 spiro atoms. The molecule has 0 unspecified atom stereocenters. The minimum Gasteiger partial charge on any atom is -0.300 e. The van der Waals surface area contributed by atoms with E-state index in [9.17, 15) is 0 Å². The van der Waals surface area contributed by atoms with Crippen LogP contribution in [0.4, 0.5) is 5.69 Å². The molecule has 0 aliphatic carbocycles. The molecule has 0 fully saturated rings. The number of para-hydroxylation sites is 3. The zero-order chi connectivity index (χ0) is 14.9. The molecule has 0 N–H and O–H groups in total. The summed E-state index contributed by atoms with van der Waals surface area (Å²) in [6, 6.07) is 17.9. The smallest absolute Gasteiger partial charge is 0.193 e. The third-order valence-corrected chi connectivity index (χ3v) is 4.45.